The third kappa shape index (κ3) is 4.76. The number of nitrogens with one attached hydrogen (secondary N) is 1. The second kappa shape index (κ2) is 9.91. The first-order chi connectivity index (χ1) is 17.7. The summed E-state index contributed by atoms with van der Waals surface area (Å²) in [6.07, 6.45) is 0.846. The normalized spacial score (nSPS) is 18.2. The largest absolute Gasteiger partial charge is 0.492 e. The molecule has 5 nitrogen and oxygen atoms in total. The fraction of sp³-hybridized carbons (Fsp3) is 0.259. The van der Waals surface area contributed by atoms with Crippen molar-refractivity contribution in [1.82, 2.24) is 5.32 Å². The summed E-state index contributed by atoms with van der Waals surface area (Å²) in [5.74, 6) is -3.58. The molecule has 1 fully saturated rings. The lowest BCUT2D eigenvalue weighted by Crippen LogP contribution is -2.43. The van der Waals surface area contributed by atoms with Crippen molar-refractivity contribution >= 4 is 35.1 Å². The zero-order chi connectivity index (χ0) is 26.4. The first-order valence-corrected chi connectivity index (χ1v) is 12.2. The monoisotopic (exact) mass is 549 g/mol. The smallest absolute Gasteiger partial charge is 0.328 e. The SMILES string of the molecule is COC(=O)[C@H](Cc1ccc(-c2c(Cl)cc(F)cc2Cl)c2c1[C@H]1C[C@H]1CO2)NC(=O)c1c(F)cccc1F. The Kier molecular flexibility index (Phi) is 6.81. The van der Waals surface area contributed by atoms with Gasteiger partial charge in [0.25, 0.3) is 5.91 Å². The summed E-state index contributed by atoms with van der Waals surface area (Å²) in [5, 5.41) is 2.64. The number of halogens is 5. The van der Waals surface area contributed by atoms with Crippen molar-refractivity contribution < 1.29 is 32.2 Å². The fourth-order valence-electron chi connectivity index (χ4n) is 4.85. The zero-order valence-electron chi connectivity index (χ0n) is 19.4. The quantitative estimate of drug-likeness (QED) is 0.378. The highest BCUT2D eigenvalue weighted by atomic mass is 35.5. The van der Waals surface area contributed by atoms with E-state index in [0.29, 0.717) is 35.0 Å². The highest BCUT2D eigenvalue weighted by Gasteiger charge is 2.46. The molecule has 0 aromatic heterocycles. The molecule has 0 unspecified atom stereocenters. The van der Waals surface area contributed by atoms with Crippen molar-refractivity contribution in [1.29, 1.82) is 0 Å². The number of benzene rings is 3. The molecule has 3 aromatic rings. The summed E-state index contributed by atoms with van der Waals surface area (Å²) < 4.78 is 53.1. The van der Waals surface area contributed by atoms with Gasteiger partial charge in [-0.05, 0) is 42.2 Å². The Labute approximate surface area is 220 Å². The van der Waals surface area contributed by atoms with Gasteiger partial charge in [-0.1, -0.05) is 41.4 Å². The molecule has 2 aliphatic rings. The molecule has 0 spiro atoms. The molecule has 0 radical (unpaired) electrons. The van der Waals surface area contributed by atoms with Gasteiger partial charge in [-0.2, -0.15) is 0 Å². The van der Waals surface area contributed by atoms with Crippen LogP contribution in [0.2, 0.25) is 10.0 Å². The van der Waals surface area contributed by atoms with Crippen molar-refractivity contribution in [3.63, 3.8) is 0 Å². The Morgan fingerprint density at radius 2 is 1.78 bits per heavy atom. The Morgan fingerprint density at radius 3 is 2.43 bits per heavy atom. The molecule has 3 atom stereocenters. The Balaban J connectivity index is 1.53. The van der Waals surface area contributed by atoms with Crippen LogP contribution in [0.5, 0.6) is 5.75 Å². The third-order valence-electron chi connectivity index (χ3n) is 6.70. The number of esters is 1. The molecule has 1 N–H and O–H groups in total. The molecule has 1 amide bonds. The van der Waals surface area contributed by atoms with Crippen LogP contribution in [-0.2, 0) is 16.0 Å². The van der Waals surface area contributed by atoms with E-state index in [1.807, 2.05) is 0 Å². The molecule has 10 heteroatoms. The van der Waals surface area contributed by atoms with Crippen molar-refractivity contribution in [3.05, 3.63) is 86.7 Å². The minimum atomic E-state index is -1.23. The average Bonchev–Trinajstić information content (AvgIpc) is 3.63. The molecule has 1 heterocycles. The number of carbonyl (C=O) groups is 2. The Hall–Kier alpha value is -3.23. The fourth-order valence-corrected chi connectivity index (χ4v) is 5.52. The van der Waals surface area contributed by atoms with E-state index in [4.69, 9.17) is 32.7 Å². The number of methoxy groups -OCH3 is 1. The third-order valence-corrected chi connectivity index (χ3v) is 7.30. The van der Waals surface area contributed by atoms with Gasteiger partial charge in [-0.25, -0.2) is 18.0 Å². The maximum Gasteiger partial charge on any atom is 0.328 e. The molecular formula is C27H20Cl2F3NO4. The number of ether oxygens (including phenoxy) is 2. The molecule has 5 rings (SSSR count). The minimum Gasteiger partial charge on any atom is -0.492 e. The lowest BCUT2D eigenvalue weighted by Gasteiger charge is -2.25. The predicted molar refractivity (Wildman–Crippen MR) is 132 cm³/mol. The number of fused-ring (bicyclic) bond motifs is 3. The summed E-state index contributed by atoms with van der Waals surface area (Å²) in [6, 6.07) is 7.59. The zero-order valence-corrected chi connectivity index (χ0v) is 20.9. The van der Waals surface area contributed by atoms with Gasteiger partial charge in [-0.3, -0.25) is 4.79 Å². The van der Waals surface area contributed by atoms with Crippen molar-refractivity contribution in [2.45, 2.75) is 24.8 Å². The minimum absolute atomic E-state index is 0.0193. The van der Waals surface area contributed by atoms with E-state index in [1.54, 1.807) is 12.1 Å². The number of rotatable bonds is 6. The summed E-state index contributed by atoms with van der Waals surface area (Å²) in [4.78, 5) is 25.3. The second-order valence-electron chi connectivity index (χ2n) is 9.02. The van der Waals surface area contributed by atoms with Gasteiger partial charge in [0.2, 0.25) is 0 Å². The van der Waals surface area contributed by atoms with Crippen LogP contribution in [0.3, 0.4) is 0 Å². The number of carbonyl (C=O) groups excluding carboxylic acids is 2. The number of amides is 1. The van der Waals surface area contributed by atoms with Crippen molar-refractivity contribution in [2.24, 2.45) is 5.92 Å². The van der Waals surface area contributed by atoms with Crippen molar-refractivity contribution in [3.8, 4) is 16.9 Å². The Morgan fingerprint density at radius 1 is 1.11 bits per heavy atom. The van der Waals surface area contributed by atoms with Crippen LogP contribution in [0.4, 0.5) is 13.2 Å². The van der Waals surface area contributed by atoms with Gasteiger partial charge in [0.1, 0.15) is 34.8 Å². The Bertz CT molecular complexity index is 1390. The maximum atomic E-state index is 14.2. The van der Waals surface area contributed by atoms with E-state index < -0.39 is 40.9 Å². The lowest BCUT2D eigenvalue weighted by atomic mass is 9.89. The molecule has 0 bridgehead atoms. The van der Waals surface area contributed by atoms with Crippen LogP contribution < -0.4 is 10.1 Å². The second-order valence-corrected chi connectivity index (χ2v) is 9.84. The van der Waals surface area contributed by atoms with Crippen molar-refractivity contribution in [2.75, 3.05) is 13.7 Å². The summed E-state index contributed by atoms with van der Waals surface area (Å²) >= 11 is 12.7. The van der Waals surface area contributed by atoms with Crippen LogP contribution in [-0.4, -0.2) is 31.6 Å². The molecular weight excluding hydrogens is 530 g/mol. The lowest BCUT2D eigenvalue weighted by molar-refractivity contribution is -0.142. The number of hydrogen-bond donors (Lipinski definition) is 1. The average molecular weight is 550 g/mol. The molecule has 0 saturated heterocycles. The van der Waals surface area contributed by atoms with E-state index in [1.165, 1.54) is 0 Å². The van der Waals surface area contributed by atoms with Crippen LogP contribution in [0.15, 0.2) is 42.5 Å². The van der Waals surface area contributed by atoms with Gasteiger partial charge >= 0.3 is 5.97 Å². The molecule has 3 aromatic carbocycles. The first kappa shape index (κ1) is 25.4. The highest BCUT2D eigenvalue weighted by molar-refractivity contribution is 6.39. The predicted octanol–water partition coefficient (Wildman–Crippen LogP) is 6.09. The van der Waals surface area contributed by atoms with Gasteiger partial charge in [-0.15, -0.1) is 0 Å². The summed E-state index contributed by atoms with van der Waals surface area (Å²) in [5.41, 5.74) is 1.71. The van der Waals surface area contributed by atoms with Crippen LogP contribution in [0.25, 0.3) is 11.1 Å². The van der Waals surface area contributed by atoms with Crippen LogP contribution in [0, 0.1) is 23.4 Å². The summed E-state index contributed by atoms with van der Waals surface area (Å²) in [6.45, 7) is 0.480. The molecule has 37 heavy (non-hydrogen) atoms. The van der Waals surface area contributed by atoms with Gasteiger partial charge in [0.05, 0.1) is 23.8 Å². The van der Waals surface area contributed by atoms with Gasteiger partial charge in [0, 0.05) is 29.0 Å². The molecule has 1 saturated carbocycles. The van der Waals surface area contributed by atoms with Gasteiger partial charge in [0.15, 0.2) is 0 Å². The van der Waals surface area contributed by atoms with E-state index in [0.717, 1.165) is 49.4 Å². The van der Waals surface area contributed by atoms with Gasteiger partial charge < -0.3 is 14.8 Å². The molecule has 1 aliphatic heterocycles. The first-order valence-electron chi connectivity index (χ1n) is 11.5. The highest BCUT2D eigenvalue weighted by Crippen LogP contribution is 2.58. The van der Waals surface area contributed by atoms with Crippen LogP contribution >= 0.6 is 23.2 Å². The number of hydrogen-bond acceptors (Lipinski definition) is 4. The van der Waals surface area contributed by atoms with E-state index in [9.17, 15) is 22.8 Å². The topological polar surface area (TPSA) is 64.6 Å². The maximum absolute atomic E-state index is 14.2. The van der Waals surface area contributed by atoms with E-state index in [2.05, 4.69) is 5.32 Å². The summed E-state index contributed by atoms with van der Waals surface area (Å²) in [7, 11) is 1.16. The molecule has 192 valence electrons. The molecule has 1 aliphatic carbocycles. The van der Waals surface area contributed by atoms with E-state index in [-0.39, 0.29) is 22.4 Å². The van der Waals surface area contributed by atoms with E-state index >= 15 is 0 Å². The van der Waals surface area contributed by atoms with Crippen LogP contribution in [0.1, 0.15) is 33.8 Å². The standard InChI is InChI=1S/C27H20Cl2F3NO4/c1-36-27(35)21(33-26(34)24-19(31)3-2-4-20(24)32)8-12-5-6-15(23-17(28)9-14(30)10-18(23)29)25-22(12)16-7-13(16)11-37-25/h2-6,9-10,13,16,21H,7-8,11H2,1H3,(H,33,34)/t13-,16-,21-/m0/s1.